The highest BCUT2D eigenvalue weighted by Crippen LogP contribution is 2.50. The fourth-order valence-electron chi connectivity index (χ4n) is 4.30. The Morgan fingerprint density at radius 3 is 2.45 bits per heavy atom. The first-order chi connectivity index (χ1) is 18.5. The number of amidine groups is 1. The lowest BCUT2D eigenvalue weighted by Gasteiger charge is -2.17. The largest absolute Gasteiger partial charge is 0.384 e. The number of amides is 2. The molecule has 0 radical (unpaired) electrons. The lowest BCUT2D eigenvalue weighted by atomic mass is 10.1. The van der Waals surface area contributed by atoms with Crippen LogP contribution in [0.2, 0.25) is 0 Å². The van der Waals surface area contributed by atoms with Gasteiger partial charge in [0.1, 0.15) is 4.91 Å². The number of fused-ring (bicyclic) bond motifs is 1. The molecule has 0 atom stereocenters. The molecule has 0 aliphatic carbocycles. The Morgan fingerprint density at radius 1 is 0.947 bits per heavy atom. The van der Waals surface area contributed by atoms with E-state index in [4.69, 9.17) is 4.99 Å². The third kappa shape index (κ3) is 5.16. The number of rotatable bonds is 7. The average molecular weight is 544 g/mol. The summed E-state index contributed by atoms with van der Waals surface area (Å²) in [5.41, 5.74) is 4.04. The Labute approximate surface area is 231 Å². The van der Waals surface area contributed by atoms with E-state index in [2.05, 4.69) is 27.7 Å². The minimum atomic E-state index is -0.155. The summed E-state index contributed by atoms with van der Waals surface area (Å²) < 4.78 is 0. The van der Waals surface area contributed by atoms with E-state index in [1.165, 1.54) is 11.8 Å². The Hall–Kier alpha value is -3.69. The number of aliphatic imine (C=N–C) groups is 1. The van der Waals surface area contributed by atoms with E-state index in [0.717, 1.165) is 26.9 Å². The molecule has 5 rings (SSSR count). The second-order valence-corrected chi connectivity index (χ2v) is 10.8. The number of nitrogens with one attached hydrogen (secondary N) is 2. The number of carbonyl (C=O) groups is 2. The first-order valence-electron chi connectivity index (χ1n) is 12.5. The third-order valence-corrected chi connectivity index (χ3v) is 8.59. The van der Waals surface area contributed by atoms with Crippen LogP contribution in [0.5, 0.6) is 0 Å². The van der Waals surface area contributed by atoms with Crippen molar-refractivity contribution in [1.82, 2.24) is 10.2 Å². The van der Waals surface area contributed by atoms with Crippen LogP contribution in [-0.2, 0) is 11.3 Å². The number of carbonyl (C=O) groups excluding carboxylic acids is 2. The molecule has 7 nitrogen and oxygen atoms in total. The van der Waals surface area contributed by atoms with Crippen LogP contribution in [0.15, 0.2) is 92.6 Å². The molecule has 0 bridgehead atoms. The van der Waals surface area contributed by atoms with Crippen LogP contribution < -0.4 is 15.5 Å². The monoisotopic (exact) mass is 543 g/mol. The van der Waals surface area contributed by atoms with E-state index in [-0.39, 0.29) is 11.8 Å². The van der Waals surface area contributed by atoms with Gasteiger partial charge >= 0.3 is 0 Å². The van der Waals surface area contributed by atoms with Gasteiger partial charge in [-0.3, -0.25) is 14.5 Å². The molecule has 3 aromatic rings. The molecule has 0 unspecified atom stereocenters. The molecule has 194 valence electrons. The second kappa shape index (κ2) is 11.4. The Balaban J connectivity index is 1.59. The quantitative estimate of drug-likeness (QED) is 0.354. The minimum absolute atomic E-state index is 0.0790. The summed E-state index contributed by atoms with van der Waals surface area (Å²) in [6.07, 6.45) is 0. The molecular weight excluding hydrogens is 514 g/mol. The lowest BCUT2D eigenvalue weighted by molar-refractivity contribution is -0.122. The topological polar surface area (TPSA) is 77.0 Å². The van der Waals surface area contributed by atoms with Crippen molar-refractivity contribution in [3.8, 4) is 0 Å². The van der Waals surface area contributed by atoms with Crippen LogP contribution in [0.1, 0.15) is 29.8 Å². The number of nitrogens with zero attached hydrogens (tertiary/aromatic N) is 3. The van der Waals surface area contributed by atoms with Crippen LogP contribution in [0.3, 0.4) is 0 Å². The highest BCUT2D eigenvalue weighted by Gasteiger charge is 2.39. The van der Waals surface area contributed by atoms with E-state index >= 15 is 0 Å². The van der Waals surface area contributed by atoms with Crippen molar-refractivity contribution in [2.45, 2.75) is 25.3 Å². The summed E-state index contributed by atoms with van der Waals surface area (Å²) in [6.45, 7) is 5.54. The highest BCUT2D eigenvalue weighted by molar-refractivity contribution is 8.19. The van der Waals surface area contributed by atoms with Crippen LogP contribution >= 0.6 is 23.5 Å². The Bertz CT molecular complexity index is 1440. The van der Waals surface area contributed by atoms with Gasteiger partial charge in [-0.2, -0.15) is 0 Å². The van der Waals surface area contributed by atoms with Gasteiger partial charge < -0.3 is 15.5 Å². The fourth-order valence-corrected chi connectivity index (χ4v) is 6.63. The number of benzene rings is 3. The maximum absolute atomic E-state index is 13.9. The molecule has 2 N–H and O–H groups in total. The van der Waals surface area contributed by atoms with E-state index in [9.17, 15) is 9.59 Å². The second-order valence-electron chi connectivity index (χ2n) is 8.76. The summed E-state index contributed by atoms with van der Waals surface area (Å²) in [7, 11) is 1.99. The van der Waals surface area contributed by atoms with Gasteiger partial charge in [-0.1, -0.05) is 54.2 Å². The normalized spacial score (nSPS) is 17.8. The zero-order valence-electron chi connectivity index (χ0n) is 21.5. The van der Waals surface area contributed by atoms with Gasteiger partial charge in [-0.15, -0.1) is 0 Å². The standard InChI is InChI=1S/C29H29N5O2S2/c1-4-30-21-16-15-20(26(35)31-5-2)17-22(21)32-29-34(18-19-11-7-6-8-12-19)27(36)25(38-29)28-33(3)23-13-9-10-14-24(23)37-28/h6-17,30H,4-5,18H2,1-3H3,(H,31,35)/b28-25-,32-29-. The number of hydrogen-bond donors (Lipinski definition) is 2. The third-order valence-electron chi connectivity index (χ3n) is 6.16. The zero-order chi connectivity index (χ0) is 26.6. The van der Waals surface area contributed by atoms with E-state index < -0.39 is 0 Å². The SMILES string of the molecule is CCNC(=O)c1ccc(NCC)c(/N=C2\S/C(=C3\Sc4ccccc4N3C)C(=O)N2Cc2ccccc2)c1. The predicted molar refractivity (Wildman–Crippen MR) is 158 cm³/mol. The smallest absolute Gasteiger partial charge is 0.269 e. The van der Waals surface area contributed by atoms with E-state index in [0.29, 0.717) is 41.0 Å². The van der Waals surface area contributed by atoms with Gasteiger partial charge in [0.15, 0.2) is 5.17 Å². The Kier molecular flexibility index (Phi) is 7.76. The minimum Gasteiger partial charge on any atom is -0.384 e. The number of anilines is 2. The number of hydrogen-bond acceptors (Lipinski definition) is 7. The maximum Gasteiger partial charge on any atom is 0.269 e. The first kappa shape index (κ1) is 25.9. The van der Waals surface area contributed by atoms with E-state index in [1.807, 2.05) is 69.4 Å². The van der Waals surface area contributed by atoms with Gasteiger partial charge in [-0.25, -0.2) is 4.99 Å². The predicted octanol–water partition coefficient (Wildman–Crippen LogP) is 6.04. The maximum atomic E-state index is 13.9. The fraction of sp³-hybridized carbons (Fsp3) is 0.207. The molecule has 2 heterocycles. The molecule has 0 aromatic heterocycles. The summed E-state index contributed by atoms with van der Waals surface area (Å²) in [6, 6.07) is 23.5. The molecule has 1 saturated heterocycles. The zero-order valence-corrected chi connectivity index (χ0v) is 23.2. The molecule has 2 aliphatic heterocycles. The van der Waals surface area contributed by atoms with Crippen LogP contribution in [0, 0.1) is 0 Å². The van der Waals surface area contributed by atoms with Crippen molar-refractivity contribution in [2.24, 2.45) is 4.99 Å². The molecule has 2 amide bonds. The van der Waals surface area contributed by atoms with Crippen molar-refractivity contribution < 1.29 is 9.59 Å². The van der Waals surface area contributed by atoms with Crippen LogP contribution in [-0.4, -0.2) is 42.0 Å². The summed E-state index contributed by atoms with van der Waals surface area (Å²) in [5, 5.41) is 7.66. The van der Waals surface area contributed by atoms with E-state index in [1.54, 1.807) is 28.8 Å². The van der Waals surface area contributed by atoms with Crippen molar-refractivity contribution in [3.63, 3.8) is 0 Å². The van der Waals surface area contributed by atoms with Crippen molar-refractivity contribution in [1.29, 1.82) is 0 Å². The van der Waals surface area contributed by atoms with Gasteiger partial charge in [0.25, 0.3) is 11.8 Å². The first-order valence-corrected chi connectivity index (χ1v) is 14.2. The molecule has 38 heavy (non-hydrogen) atoms. The molecular formula is C29H29N5O2S2. The molecule has 0 spiro atoms. The van der Waals surface area contributed by atoms with Gasteiger partial charge in [0, 0.05) is 30.6 Å². The lowest BCUT2D eigenvalue weighted by Crippen LogP contribution is -2.29. The molecule has 1 fully saturated rings. The van der Waals surface area contributed by atoms with Gasteiger partial charge in [-0.05, 0) is 61.5 Å². The van der Waals surface area contributed by atoms with Crippen molar-refractivity contribution >= 4 is 57.6 Å². The Morgan fingerprint density at radius 2 is 1.71 bits per heavy atom. The van der Waals surface area contributed by atoms with Crippen molar-refractivity contribution in [2.75, 3.05) is 30.4 Å². The average Bonchev–Trinajstić information content (AvgIpc) is 3.42. The van der Waals surface area contributed by atoms with Gasteiger partial charge in [0.2, 0.25) is 0 Å². The highest BCUT2D eigenvalue weighted by atomic mass is 32.2. The molecule has 0 saturated carbocycles. The van der Waals surface area contributed by atoms with Crippen LogP contribution in [0.25, 0.3) is 0 Å². The summed E-state index contributed by atoms with van der Waals surface area (Å²) in [4.78, 5) is 37.0. The molecule has 9 heteroatoms. The summed E-state index contributed by atoms with van der Waals surface area (Å²) >= 11 is 2.98. The van der Waals surface area contributed by atoms with Crippen molar-refractivity contribution in [3.05, 3.63) is 93.9 Å². The summed E-state index contributed by atoms with van der Waals surface area (Å²) in [5.74, 6) is -0.234. The van der Waals surface area contributed by atoms with Crippen LogP contribution in [0.4, 0.5) is 17.1 Å². The number of thioether (sulfide) groups is 2. The molecule has 2 aliphatic rings. The van der Waals surface area contributed by atoms with Gasteiger partial charge in [0.05, 0.1) is 28.6 Å². The molecule has 3 aromatic carbocycles. The number of para-hydroxylation sites is 1.